The quantitative estimate of drug-likeness (QED) is 0.734. The van der Waals surface area contributed by atoms with Gasteiger partial charge in [0.05, 0.1) is 6.07 Å². The minimum Gasteiger partial charge on any atom is -0.448 e. The van der Waals surface area contributed by atoms with Crippen LogP contribution in [0.25, 0.3) is 10.1 Å². The molecule has 1 amide bonds. The number of ether oxygens (including phenoxy) is 1. The lowest BCUT2D eigenvalue weighted by Gasteiger charge is -2.39. The standard InChI is InChI=1S/C20H21FN2O3S/c1-13(18(24)23(2)20(12-22)9-4-3-5-10-20)26-19(25)17-11-14-15(21)7-6-8-16(14)27-17/h6-8,11,13H,3-5,9-10H2,1-2H3/t13-/m1/s1. The summed E-state index contributed by atoms with van der Waals surface area (Å²) in [6.07, 6.45) is 3.08. The molecule has 1 aromatic heterocycles. The first kappa shape index (κ1) is 19.3. The molecule has 1 saturated carbocycles. The molecule has 0 radical (unpaired) electrons. The Morgan fingerprint density at radius 1 is 1.33 bits per heavy atom. The van der Waals surface area contributed by atoms with Crippen molar-refractivity contribution in [1.29, 1.82) is 5.26 Å². The number of nitrogens with zero attached hydrogens (tertiary/aromatic N) is 2. The van der Waals surface area contributed by atoms with Gasteiger partial charge in [0.25, 0.3) is 5.91 Å². The molecule has 0 N–H and O–H groups in total. The molecule has 1 aromatic carbocycles. The number of benzene rings is 1. The third-order valence-electron chi connectivity index (χ3n) is 5.20. The lowest BCUT2D eigenvalue weighted by molar-refractivity contribution is -0.143. The third-order valence-corrected chi connectivity index (χ3v) is 6.28. The van der Waals surface area contributed by atoms with E-state index in [9.17, 15) is 19.2 Å². The summed E-state index contributed by atoms with van der Waals surface area (Å²) in [5.41, 5.74) is -0.837. The SMILES string of the molecule is C[C@@H](OC(=O)c1cc2c(F)cccc2s1)C(=O)N(C)C1(C#N)CCCCC1. The van der Waals surface area contributed by atoms with Crippen LogP contribution in [0.15, 0.2) is 24.3 Å². The van der Waals surface area contributed by atoms with Crippen molar-refractivity contribution in [1.82, 2.24) is 4.90 Å². The predicted octanol–water partition coefficient (Wildman–Crippen LogP) is 4.27. The van der Waals surface area contributed by atoms with Gasteiger partial charge in [-0.05, 0) is 38.0 Å². The summed E-state index contributed by atoms with van der Waals surface area (Å²) in [6.45, 7) is 1.50. The maximum atomic E-state index is 13.8. The van der Waals surface area contributed by atoms with Crippen LogP contribution >= 0.6 is 11.3 Å². The molecule has 2 aromatic rings. The Morgan fingerprint density at radius 2 is 2.04 bits per heavy atom. The summed E-state index contributed by atoms with van der Waals surface area (Å²) in [5, 5.41) is 9.98. The van der Waals surface area contributed by atoms with Crippen LogP contribution in [0.3, 0.4) is 0 Å². The van der Waals surface area contributed by atoms with Crippen molar-refractivity contribution in [3.63, 3.8) is 0 Å². The number of esters is 1. The van der Waals surface area contributed by atoms with Crippen molar-refractivity contribution >= 4 is 33.3 Å². The van der Waals surface area contributed by atoms with Gasteiger partial charge in [-0.25, -0.2) is 9.18 Å². The van der Waals surface area contributed by atoms with E-state index in [2.05, 4.69) is 6.07 Å². The Kier molecular flexibility index (Phi) is 5.47. The molecule has 1 fully saturated rings. The Labute approximate surface area is 161 Å². The number of likely N-dealkylation sites (N-methyl/N-ethyl adjacent to an activating group) is 1. The molecule has 7 heteroatoms. The van der Waals surface area contributed by atoms with Crippen molar-refractivity contribution in [2.24, 2.45) is 0 Å². The third kappa shape index (κ3) is 3.67. The fourth-order valence-corrected chi connectivity index (χ4v) is 4.50. The maximum absolute atomic E-state index is 13.8. The zero-order valence-corrected chi connectivity index (χ0v) is 16.1. The highest BCUT2D eigenvalue weighted by atomic mass is 32.1. The minimum atomic E-state index is -1.02. The maximum Gasteiger partial charge on any atom is 0.349 e. The van der Waals surface area contributed by atoms with Crippen LogP contribution in [-0.4, -0.2) is 35.5 Å². The number of nitriles is 1. The van der Waals surface area contributed by atoms with Crippen molar-refractivity contribution in [2.45, 2.75) is 50.7 Å². The largest absolute Gasteiger partial charge is 0.448 e. The van der Waals surface area contributed by atoms with Crippen LogP contribution in [0.1, 0.15) is 48.7 Å². The number of halogens is 1. The van der Waals surface area contributed by atoms with E-state index in [1.54, 1.807) is 19.2 Å². The van der Waals surface area contributed by atoms with E-state index in [4.69, 9.17) is 4.74 Å². The molecule has 0 spiro atoms. The number of carbonyl (C=O) groups excluding carboxylic acids is 2. The molecule has 27 heavy (non-hydrogen) atoms. The summed E-state index contributed by atoms with van der Waals surface area (Å²) in [6, 6.07) is 8.36. The Morgan fingerprint density at radius 3 is 2.67 bits per heavy atom. The number of fused-ring (bicyclic) bond motifs is 1. The topological polar surface area (TPSA) is 70.4 Å². The van der Waals surface area contributed by atoms with Gasteiger partial charge in [0.2, 0.25) is 0 Å². The number of hydrogen-bond acceptors (Lipinski definition) is 5. The first-order chi connectivity index (χ1) is 12.9. The highest BCUT2D eigenvalue weighted by Gasteiger charge is 2.40. The van der Waals surface area contributed by atoms with Gasteiger partial charge in [0.1, 0.15) is 16.2 Å². The number of amides is 1. The highest BCUT2D eigenvalue weighted by molar-refractivity contribution is 7.20. The second kappa shape index (κ2) is 7.65. The van der Waals surface area contributed by atoms with Gasteiger partial charge >= 0.3 is 5.97 Å². The molecule has 3 rings (SSSR count). The molecule has 0 bridgehead atoms. The van der Waals surface area contributed by atoms with Crippen LogP contribution in [0, 0.1) is 17.1 Å². The predicted molar refractivity (Wildman–Crippen MR) is 101 cm³/mol. The van der Waals surface area contributed by atoms with E-state index in [1.807, 2.05) is 0 Å². The fraction of sp³-hybridized carbons (Fsp3) is 0.450. The van der Waals surface area contributed by atoms with Crippen molar-refractivity contribution in [3.8, 4) is 6.07 Å². The molecule has 1 aliphatic rings. The van der Waals surface area contributed by atoms with E-state index in [0.717, 1.165) is 30.6 Å². The zero-order chi connectivity index (χ0) is 19.6. The molecule has 1 atom stereocenters. The van der Waals surface area contributed by atoms with Gasteiger partial charge < -0.3 is 9.64 Å². The summed E-state index contributed by atoms with van der Waals surface area (Å²) >= 11 is 1.12. The molecular formula is C20H21FN2O3S. The molecule has 1 aliphatic carbocycles. The molecule has 0 saturated heterocycles. The second-order valence-electron chi connectivity index (χ2n) is 6.91. The zero-order valence-electron chi connectivity index (χ0n) is 15.3. The average molecular weight is 388 g/mol. The molecule has 0 unspecified atom stereocenters. The molecule has 142 valence electrons. The minimum absolute atomic E-state index is 0.241. The monoisotopic (exact) mass is 388 g/mol. The van der Waals surface area contributed by atoms with Crippen molar-refractivity contribution in [3.05, 3.63) is 35.0 Å². The fourth-order valence-electron chi connectivity index (χ4n) is 3.54. The molecule has 1 heterocycles. The van der Waals surface area contributed by atoms with Gasteiger partial charge in [-0.1, -0.05) is 25.3 Å². The Hall–Kier alpha value is -2.46. The number of rotatable bonds is 4. The van der Waals surface area contributed by atoms with E-state index < -0.39 is 29.3 Å². The van der Waals surface area contributed by atoms with Crippen LogP contribution < -0.4 is 0 Å². The lowest BCUT2D eigenvalue weighted by atomic mass is 9.81. The van der Waals surface area contributed by atoms with Gasteiger partial charge in [0, 0.05) is 17.1 Å². The first-order valence-corrected chi connectivity index (χ1v) is 9.77. The van der Waals surface area contributed by atoms with Gasteiger partial charge in [0.15, 0.2) is 6.10 Å². The molecule has 5 nitrogen and oxygen atoms in total. The smallest absolute Gasteiger partial charge is 0.349 e. The van der Waals surface area contributed by atoms with Crippen LogP contribution in [0.4, 0.5) is 4.39 Å². The highest BCUT2D eigenvalue weighted by Crippen LogP contribution is 2.33. The summed E-state index contributed by atoms with van der Waals surface area (Å²) in [4.78, 5) is 26.8. The van der Waals surface area contributed by atoms with Crippen molar-refractivity contribution in [2.75, 3.05) is 7.05 Å². The van der Waals surface area contributed by atoms with Gasteiger partial charge in [-0.15, -0.1) is 11.3 Å². The second-order valence-corrected chi connectivity index (χ2v) is 7.99. The Bertz CT molecular complexity index is 912. The van der Waals surface area contributed by atoms with E-state index >= 15 is 0 Å². The van der Waals surface area contributed by atoms with E-state index in [0.29, 0.717) is 22.9 Å². The molecular weight excluding hydrogens is 367 g/mol. The molecule has 0 aliphatic heterocycles. The number of thiophene rings is 1. The van der Waals surface area contributed by atoms with Crippen molar-refractivity contribution < 1.29 is 18.7 Å². The average Bonchev–Trinajstić information content (AvgIpc) is 3.13. The van der Waals surface area contributed by atoms with E-state index in [1.165, 1.54) is 24.0 Å². The van der Waals surface area contributed by atoms with E-state index in [-0.39, 0.29) is 4.88 Å². The Balaban J connectivity index is 1.72. The summed E-state index contributed by atoms with van der Waals surface area (Å²) < 4.78 is 19.8. The normalized spacial score (nSPS) is 17.1. The number of hydrogen-bond donors (Lipinski definition) is 0. The summed E-state index contributed by atoms with van der Waals surface area (Å²) in [7, 11) is 1.59. The van der Waals surface area contributed by atoms with Crippen LogP contribution in [0.5, 0.6) is 0 Å². The van der Waals surface area contributed by atoms with Gasteiger partial charge in [-0.2, -0.15) is 5.26 Å². The van der Waals surface area contributed by atoms with Gasteiger partial charge in [-0.3, -0.25) is 4.79 Å². The lowest BCUT2D eigenvalue weighted by Crippen LogP contribution is -2.53. The first-order valence-electron chi connectivity index (χ1n) is 8.96. The van der Waals surface area contributed by atoms with Crippen LogP contribution in [-0.2, 0) is 9.53 Å². The summed E-state index contributed by atoms with van der Waals surface area (Å²) in [5.74, 6) is -1.47. The van der Waals surface area contributed by atoms with Crippen LogP contribution in [0.2, 0.25) is 0 Å². The number of carbonyl (C=O) groups is 2.